The van der Waals surface area contributed by atoms with Crippen molar-refractivity contribution in [3.63, 3.8) is 0 Å². The molecule has 1 aromatic rings. The van der Waals surface area contributed by atoms with E-state index in [0.717, 1.165) is 16.9 Å². The van der Waals surface area contributed by atoms with Crippen LogP contribution in [0, 0.1) is 6.92 Å². The van der Waals surface area contributed by atoms with Crippen LogP contribution >= 0.6 is 0 Å². The SMILES string of the molecule is COc1c(C)ccc(C(=O)CN)c1C(C)C. The van der Waals surface area contributed by atoms with Gasteiger partial charge in [-0.2, -0.15) is 0 Å². The largest absolute Gasteiger partial charge is 0.496 e. The number of rotatable bonds is 4. The molecule has 3 nitrogen and oxygen atoms in total. The maximum atomic E-state index is 11.7. The van der Waals surface area contributed by atoms with E-state index in [1.54, 1.807) is 7.11 Å². The van der Waals surface area contributed by atoms with Gasteiger partial charge in [0, 0.05) is 11.1 Å². The molecule has 0 spiro atoms. The predicted molar refractivity (Wildman–Crippen MR) is 65.2 cm³/mol. The van der Waals surface area contributed by atoms with Crippen LogP contribution < -0.4 is 10.5 Å². The molecule has 0 fully saturated rings. The quantitative estimate of drug-likeness (QED) is 0.793. The summed E-state index contributed by atoms with van der Waals surface area (Å²) in [5, 5.41) is 0. The van der Waals surface area contributed by atoms with Gasteiger partial charge in [0.2, 0.25) is 0 Å². The summed E-state index contributed by atoms with van der Waals surface area (Å²) in [4.78, 5) is 11.7. The van der Waals surface area contributed by atoms with Gasteiger partial charge in [0.25, 0.3) is 0 Å². The number of nitrogens with two attached hydrogens (primary N) is 1. The first-order chi connectivity index (χ1) is 7.52. The third kappa shape index (κ3) is 2.25. The summed E-state index contributed by atoms with van der Waals surface area (Å²) in [6, 6.07) is 3.73. The lowest BCUT2D eigenvalue weighted by atomic mass is 9.91. The van der Waals surface area contributed by atoms with Gasteiger partial charge in [0.05, 0.1) is 13.7 Å². The van der Waals surface area contributed by atoms with Crippen LogP contribution in [-0.2, 0) is 0 Å². The fourth-order valence-corrected chi connectivity index (χ4v) is 1.91. The highest BCUT2D eigenvalue weighted by atomic mass is 16.5. The van der Waals surface area contributed by atoms with Gasteiger partial charge in [-0.25, -0.2) is 0 Å². The maximum absolute atomic E-state index is 11.7. The van der Waals surface area contributed by atoms with E-state index < -0.39 is 0 Å². The van der Waals surface area contributed by atoms with Crippen molar-refractivity contribution in [2.75, 3.05) is 13.7 Å². The van der Waals surface area contributed by atoms with Gasteiger partial charge < -0.3 is 10.5 Å². The molecule has 0 bridgehead atoms. The number of hydrogen-bond acceptors (Lipinski definition) is 3. The van der Waals surface area contributed by atoms with Gasteiger partial charge in [0.15, 0.2) is 5.78 Å². The Morgan fingerprint density at radius 1 is 1.44 bits per heavy atom. The van der Waals surface area contributed by atoms with Crippen LogP contribution in [0.3, 0.4) is 0 Å². The Labute approximate surface area is 96.6 Å². The average molecular weight is 221 g/mol. The molecule has 0 saturated carbocycles. The summed E-state index contributed by atoms with van der Waals surface area (Å²) in [5.41, 5.74) is 8.09. The lowest BCUT2D eigenvalue weighted by Gasteiger charge is -2.18. The van der Waals surface area contributed by atoms with Crippen molar-refractivity contribution in [3.8, 4) is 5.75 Å². The van der Waals surface area contributed by atoms with Gasteiger partial charge in [0.1, 0.15) is 5.75 Å². The van der Waals surface area contributed by atoms with E-state index >= 15 is 0 Å². The molecule has 16 heavy (non-hydrogen) atoms. The Morgan fingerprint density at radius 3 is 2.50 bits per heavy atom. The maximum Gasteiger partial charge on any atom is 0.176 e. The van der Waals surface area contributed by atoms with Crippen molar-refractivity contribution in [3.05, 3.63) is 28.8 Å². The molecule has 0 aliphatic heterocycles. The number of benzene rings is 1. The number of methoxy groups -OCH3 is 1. The Balaban J connectivity index is 3.45. The van der Waals surface area contributed by atoms with Crippen LogP contribution in [0.4, 0.5) is 0 Å². The molecule has 2 N–H and O–H groups in total. The summed E-state index contributed by atoms with van der Waals surface area (Å²) in [6.45, 7) is 6.10. The summed E-state index contributed by atoms with van der Waals surface area (Å²) < 4.78 is 5.38. The summed E-state index contributed by atoms with van der Waals surface area (Å²) >= 11 is 0. The normalized spacial score (nSPS) is 10.6. The standard InChI is InChI=1S/C13H19NO2/c1-8(2)12-10(11(15)7-14)6-5-9(3)13(12)16-4/h5-6,8H,7,14H2,1-4H3. The molecule has 3 heteroatoms. The predicted octanol–water partition coefficient (Wildman–Crippen LogP) is 2.27. The van der Waals surface area contributed by atoms with Crippen molar-refractivity contribution in [1.82, 2.24) is 0 Å². The van der Waals surface area contributed by atoms with Crippen LogP contribution in [0.2, 0.25) is 0 Å². The molecular weight excluding hydrogens is 202 g/mol. The van der Waals surface area contributed by atoms with Crippen LogP contribution in [0.1, 0.15) is 41.3 Å². The number of ether oxygens (including phenoxy) is 1. The number of Topliss-reactive ketones (excluding diaryl/α,β-unsaturated/α-hetero) is 1. The van der Waals surface area contributed by atoms with Crippen molar-refractivity contribution < 1.29 is 9.53 Å². The minimum absolute atomic E-state index is 0.0337. The number of hydrogen-bond donors (Lipinski definition) is 1. The molecule has 0 atom stereocenters. The molecule has 0 amide bonds. The van der Waals surface area contributed by atoms with E-state index in [2.05, 4.69) is 0 Å². The Hall–Kier alpha value is -1.35. The first-order valence-electron chi connectivity index (χ1n) is 5.43. The summed E-state index contributed by atoms with van der Waals surface area (Å²) in [7, 11) is 1.63. The molecule has 0 aliphatic carbocycles. The second-order valence-corrected chi connectivity index (χ2v) is 4.16. The average Bonchev–Trinajstić information content (AvgIpc) is 2.27. The third-order valence-electron chi connectivity index (χ3n) is 2.66. The minimum Gasteiger partial charge on any atom is -0.496 e. The van der Waals surface area contributed by atoms with E-state index in [4.69, 9.17) is 10.5 Å². The molecule has 0 heterocycles. The molecule has 88 valence electrons. The lowest BCUT2D eigenvalue weighted by Crippen LogP contribution is -2.16. The second kappa shape index (κ2) is 5.12. The fourth-order valence-electron chi connectivity index (χ4n) is 1.91. The number of aryl methyl sites for hydroxylation is 1. The van der Waals surface area contributed by atoms with Crippen LogP contribution in [0.5, 0.6) is 5.75 Å². The highest BCUT2D eigenvalue weighted by Gasteiger charge is 2.18. The van der Waals surface area contributed by atoms with E-state index in [1.807, 2.05) is 32.9 Å². The van der Waals surface area contributed by atoms with E-state index in [9.17, 15) is 4.79 Å². The van der Waals surface area contributed by atoms with Gasteiger partial charge in [-0.05, 0) is 18.4 Å². The Bertz CT molecular complexity index is 397. The zero-order chi connectivity index (χ0) is 12.3. The number of carbonyl (C=O) groups excluding carboxylic acids is 1. The van der Waals surface area contributed by atoms with Crippen LogP contribution in [-0.4, -0.2) is 19.4 Å². The van der Waals surface area contributed by atoms with Gasteiger partial charge in [-0.15, -0.1) is 0 Å². The van der Waals surface area contributed by atoms with Crippen LogP contribution in [0.25, 0.3) is 0 Å². The third-order valence-corrected chi connectivity index (χ3v) is 2.66. The molecular formula is C13H19NO2. The first-order valence-corrected chi connectivity index (χ1v) is 5.43. The van der Waals surface area contributed by atoms with E-state index in [0.29, 0.717) is 5.56 Å². The highest BCUT2D eigenvalue weighted by molar-refractivity contribution is 5.99. The summed E-state index contributed by atoms with van der Waals surface area (Å²) in [5.74, 6) is 0.997. The van der Waals surface area contributed by atoms with Gasteiger partial charge in [-0.1, -0.05) is 26.0 Å². The number of ketones is 1. The minimum atomic E-state index is -0.0398. The van der Waals surface area contributed by atoms with Crippen molar-refractivity contribution in [2.24, 2.45) is 5.73 Å². The zero-order valence-electron chi connectivity index (χ0n) is 10.3. The zero-order valence-corrected chi connectivity index (χ0v) is 10.3. The Kier molecular flexibility index (Phi) is 4.07. The Morgan fingerprint density at radius 2 is 2.06 bits per heavy atom. The molecule has 0 saturated heterocycles. The van der Waals surface area contributed by atoms with Crippen LogP contribution in [0.15, 0.2) is 12.1 Å². The van der Waals surface area contributed by atoms with E-state index in [-0.39, 0.29) is 18.2 Å². The van der Waals surface area contributed by atoms with Gasteiger partial charge >= 0.3 is 0 Å². The molecule has 0 radical (unpaired) electrons. The topological polar surface area (TPSA) is 52.3 Å². The molecule has 0 unspecified atom stereocenters. The van der Waals surface area contributed by atoms with Crippen molar-refractivity contribution >= 4 is 5.78 Å². The smallest absolute Gasteiger partial charge is 0.176 e. The van der Waals surface area contributed by atoms with Crippen molar-refractivity contribution in [1.29, 1.82) is 0 Å². The monoisotopic (exact) mass is 221 g/mol. The molecule has 1 aromatic carbocycles. The molecule has 1 rings (SSSR count). The number of carbonyl (C=O) groups is 1. The first kappa shape index (κ1) is 12.7. The van der Waals surface area contributed by atoms with Gasteiger partial charge in [-0.3, -0.25) is 4.79 Å². The molecule has 0 aromatic heterocycles. The summed E-state index contributed by atoms with van der Waals surface area (Å²) in [6.07, 6.45) is 0. The fraction of sp³-hybridized carbons (Fsp3) is 0.462. The van der Waals surface area contributed by atoms with Crippen molar-refractivity contribution in [2.45, 2.75) is 26.7 Å². The lowest BCUT2D eigenvalue weighted by molar-refractivity contribution is 0.0999. The second-order valence-electron chi connectivity index (χ2n) is 4.16. The highest BCUT2D eigenvalue weighted by Crippen LogP contribution is 2.33. The van der Waals surface area contributed by atoms with E-state index in [1.165, 1.54) is 0 Å². The molecule has 0 aliphatic rings.